The van der Waals surface area contributed by atoms with Crippen LogP contribution in [0.2, 0.25) is 0 Å². The third-order valence-corrected chi connectivity index (χ3v) is 6.43. The smallest absolute Gasteiger partial charge is 0.228 e. The van der Waals surface area contributed by atoms with Gasteiger partial charge in [0.05, 0.1) is 11.6 Å². The van der Waals surface area contributed by atoms with Crippen LogP contribution in [0.15, 0.2) is 59.6 Å². The number of benzene rings is 3. The molecule has 2 aliphatic rings. The Morgan fingerprint density at radius 1 is 1.11 bits per heavy atom. The van der Waals surface area contributed by atoms with E-state index < -0.39 is 5.72 Å². The van der Waals surface area contributed by atoms with Crippen molar-refractivity contribution in [3.63, 3.8) is 0 Å². The molecule has 2 aliphatic heterocycles. The summed E-state index contributed by atoms with van der Waals surface area (Å²) < 4.78 is 6.73. The first-order valence-corrected chi connectivity index (χ1v) is 9.33. The Morgan fingerprint density at radius 3 is 2.74 bits per heavy atom. The van der Waals surface area contributed by atoms with Crippen molar-refractivity contribution in [2.75, 3.05) is 11.9 Å². The molecular weight excluding hydrogens is 336 g/mol. The molecule has 0 saturated heterocycles. The first-order valence-electron chi connectivity index (χ1n) is 9.33. The third-order valence-electron chi connectivity index (χ3n) is 6.43. The number of likely N-dealkylation sites (N-methyl/N-ethyl adjacent to an activating group) is 1. The lowest BCUT2D eigenvalue weighted by atomic mass is 9.73. The summed E-state index contributed by atoms with van der Waals surface area (Å²) in [5.41, 5.74) is 2.41. The molecule has 3 aromatic carbocycles. The Hall–Kier alpha value is -3.01. The number of anilines is 1. The van der Waals surface area contributed by atoms with Crippen LogP contribution in [0.3, 0.4) is 0 Å². The molecule has 0 aliphatic carbocycles. The molecular formula is C23H22N2O2. The lowest BCUT2D eigenvalue weighted by molar-refractivity contribution is 0.0706. The maximum atomic E-state index is 9.76. The summed E-state index contributed by atoms with van der Waals surface area (Å²) in [6.07, 6.45) is 2.89. The molecule has 0 radical (unpaired) electrons. The normalized spacial score (nSPS) is 25.5. The first kappa shape index (κ1) is 16.2. The fourth-order valence-corrected chi connectivity index (χ4v) is 4.67. The van der Waals surface area contributed by atoms with E-state index in [0.29, 0.717) is 0 Å². The molecule has 4 heteroatoms. The molecule has 0 bridgehead atoms. The maximum absolute atomic E-state index is 9.76. The van der Waals surface area contributed by atoms with Gasteiger partial charge < -0.3 is 14.7 Å². The van der Waals surface area contributed by atoms with Gasteiger partial charge in [-0.1, -0.05) is 31.2 Å². The van der Waals surface area contributed by atoms with Gasteiger partial charge in [0, 0.05) is 18.1 Å². The van der Waals surface area contributed by atoms with E-state index in [1.165, 1.54) is 11.3 Å². The molecule has 1 N–H and O–H groups in total. The molecule has 3 aromatic rings. The predicted octanol–water partition coefficient (Wildman–Crippen LogP) is 5.15. The van der Waals surface area contributed by atoms with E-state index in [9.17, 15) is 5.11 Å². The van der Waals surface area contributed by atoms with Gasteiger partial charge in [-0.2, -0.15) is 0 Å². The third kappa shape index (κ3) is 1.90. The average molecular weight is 358 g/mol. The molecule has 0 fully saturated rings. The monoisotopic (exact) mass is 358 g/mol. The van der Waals surface area contributed by atoms with Crippen LogP contribution < -0.4 is 9.64 Å². The fourth-order valence-electron chi connectivity index (χ4n) is 4.67. The summed E-state index contributed by atoms with van der Waals surface area (Å²) in [6.45, 7) is 4.46. The van der Waals surface area contributed by atoms with Crippen LogP contribution in [0.4, 0.5) is 11.4 Å². The zero-order valence-electron chi connectivity index (χ0n) is 15.7. The molecule has 4 nitrogen and oxygen atoms in total. The molecule has 136 valence electrons. The maximum Gasteiger partial charge on any atom is 0.228 e. The minimum Gasteiger partial charge on any atom is -0.508 e. The molecule has 0 amide bonds. The summed E-state index contributed by atoms with van der Waals surface area (Å²) in [6, 6.07) is 17.8. The number of para-hydroxylation sites is 1. The number of aromatic hydroxyl groups is 1. The van der Waals surface area contributed by atoms with Gasteiger partial charge in [0.15, 0.2) is 0 Å². The highest BCUT2D eigenvalue weighted by molar-refractivity contribution is 6.00. The molecule has 1 spiro atoms. The SMILES string of the molecule is CCC1(C)c2ccccc2N(C)C12C=Nc1c(ccc3cc(O)ccc13)O2. The predicted molar refractivity (Wildman–Crippen MR) is 110 cm³/mol. The Balaban J connectivity index is 1.72. The number of hydrogen-bond acceptors (Lipinski definition) is 4. The van der Waals surface area contributed by atoms with E-state index in [0.717, 1.165) is 28.6 Å². The molecule has 2 heterocycles. The van der Waals surface area contributed by atoms with Gasteiger partial charge in [0.25, 0.3) is 0 Å². The quantitative estimate of drug-likeness (QED) is 0.654. The number of ether oxygens (including phenoxy) is 1. The van der Waals surface area contributed by atoms with Gasteiger partial charge >= 0.3 is 0 Å². The van der Waals surface area contributed by atoms with Crippen LogP contribution in [0.1, 0.15) is 25.8 Å². The molecule has 27 heavy (non-hydrogen) atoms. The van der Waals surface area contributed by atoms with Crippen LogP contribution in [0.5, 0.6) is 11.5 Å². The number of phenolic OH excluding ortho intramolecular Hbond substituents is 1. The van der Waals surface area contributed by atoms with E-state index in [-0.39, 0.29) is 11.2 Å². The van der Waals surface area contributed by atoms with Gasteiger partial charge in [-0.15, -0.1) is 0 Å². The van der Waals surface area contributed by atoms with Crippen molar-refractivity contribution in [1.29, 1.82) is 0 Å². The van der Waals surface area contributed by atoms with Gasteiger partial charge in [-0.05, 0) is 54.6 Å². The van der Waals surface area contributed by atoms with Gasteiger partial charge in [-0.3, -0.25) is 4.99 Å². The number of rotatable bonds is 1. The Morgan fingerprint density at radius 2 is 1.93 bits per heavy atom. The lowest BCUT2D eigenvalue weighted by Crippen LogP contribution is -2.61. The van der Waals surface area contributed by atoms with E-state index in [4.69, 9.17) is 9.73 Å². The zero-order valence-corrected chi connectivity index (χ0v) is 15.7. The summed E-state index contributed by atoms with van der Waals surface area (Å²) in [5, 5.41) is 11.7. The van der Waals surface area contributed by atoms with Crippen molar-refractivity contribution in [1.82, 2.24) is 0 Å². The van der Waals surface area contributed by atoms with Crippen molar-refractivity contribution in [3.05, 3.63) is 60.2 Å². The molecule has 5 rings (SSSR count). The van der Waals surface area contributed by atoms with E-state index >= 15 is 0 Å². The van der Waals surface area contributed by atoms with E-state index in [1.807, 2.05) is 24.4 Å². The van der Waals surface area contributed by atoms with Crippen LogP contribution in [0.25, 0.3) is 10.8 Å². The molecule has 0 saturated carbocycles. The van der Waals surface area contributed by atoms with Crippen molar-refractivity contribution in [2.24, 2.45) is 4.99 Å². The summed E-state index contributed by atoms with van der Waals surface area (Å²) >= 11 is 0. The minimum atomic E-state index is -0.664. The van der Waals surface area contributed by atoms with Crippen molar-refractivity contribution < 1.29 is 9.84 Å². The highest BCUT2D eigenvalue weighted by Gasteiger charge is 2.60. The second kappa shape index (κ2) is 5.26. The van der Waals surface area contributed by atoms with Crippen LogP contribution in [-0.4, -0.2) is 24.1 Å². The second-order valence-electron chi connectivity index (χ2n) is 7.64. The van der Waals surface area contributed by atoms with Gasteiger partial charge in [0.1, 0.15) is 17.2 Å². The highest BCUT2D eigenvalue weighted by atomic mass is 16.5. The number of fused-ring (bicyclic) bond motifs is 4. The summed E-state index contributed by atoms with van der Waals surface area (Å²) in [7, 11) is 2.08. The van der Waals surface area contributed by atoms with Crippen LogP contribution in [0, 0.1) is 0 Å². The second-order valence-corrected chi connectivity index (χ2v) is 7.64. The summed E-state index contributed by atoms with van der Waals surface area (Å²) in [4.78, 5) is 7.10. The molecule has 2 unspecified atom stereocenters. The number of phenols is 1. The van der Waals surface area contributed by atoms with Crippen molar-refractivity contribution in [3.8, 4) is 11.5 Å². The number of hydrogen-bond donors (Lipinski definition) is 1. The van der Waals surface area contributed by atoms with Gasteiger partial charge in [0.2, 0.25) is 5.72 Å². The number of aliphatic imine (C=N–C) groups is 1. The first-order chi connectivity index (χ1) is 13.0. The van der Waals surface area contributed by atoms with E-state index in [1.54, 1.807) is 12.1 Å². The van der Waals surface area contributed by atoms with Crippen LogP contribution >= 0.6 is 0 Å². The minimum absolute atomic E-state index is 0.219. The van der Waals surface area contributed by atoms with Gasteiger partial charge in [-0.25, -0.2) is 0 Å². The Labute approximate surface area is 158 Å². The average Bonchev–Trinajstić information content (AvgIpc) is 2.87. The Kier molecular flexibility index (Phi) is 3.15. The van der Waals surface area contributed by atoms with E-state index in [2.05, 4.69) is 50.1 Å². The largest absolute Gasteiger partial charge is 0.508 e. The standard InChI is InChI=1S/C23H22N2O2/c1-4-22(2)18-7-5-6-8-19(18)25(3)23(22)14-24-21-17-11-10-16(26)13-15(17)9-12-20(21)27-23/h5-14,26H,4H2,1-3H3. The topological polar surface area (TPSA) is 45.1 Å². The fraction of sp³-hybridized carbons (Fsp3) is 0.261. The molecule has 2 atom stereocenters. The van der Waals surface area contributed by atoms with Crippen molar-refractivity contribution >= 4 is 28.4 Å². The lowest BCUT2D eigenvalue weighted by Gasteiger charge is -2.46. The summed E-state index contributed by atoms with van der Waals surface area (Å²) in [5.74, 6) is 1.03. The zero-order chi connectivity index (χ0) is 18.8. The highest BCUT2D eigenvalue weighted by Crippen LogP contribution is 2.55. The molecule has 0 aromatic heterocycles. The van der Waals surface area contributed by atoms with Crippen LogP contribution in [-0.2, 0) is 5.41 Å². The van der Waals surface area contributed by atoms with Crippen molar-refractivity contribution in [2.45, 2.75) is 31.4 Å². The Bertz CT molecular complexity index is 1110. The number of nitrogens with zero attached hydrogens (tertiary/aromatic N) is 2.